The van der Waals surface area contributed by atoms with E-state index in [1.54, 1.807) is 0 Å². The molecule has 76 valence electrons. The quantitative estimate of drug-likeness (QED) is 0.674. The van der Waals surface area contributed by atoms with Crippen molar-refractivity contribution in [2.45, 2.75) is 39.2 Å². The fourth-order valence-electron chi connectivity index (χ4n) is 2.08. The van der Waals surface area contributed by atoms with Crippen LogP contribution in [0.15, 0.2) is 0 Å². The Balaban J connectivity index is 0.000000396. The van der Waals surface area contributed by atoms with Crippen molar-refractivity contribution in [3.05, 3.63) is 0 Å². The van der Waals surface area contributed by atoms with Gasteiger partial charge < -0.3 is 5.11 Å². The predicted octanol–water partition coefficient (Wildman–Crippen LogP) is 1.58. The maximum absolute atomic E-state index is 10.7. The summed E-state index contributed by atoms with van der Waals surface area (Å²) >= 11 is 0. The molecule has 1 atom stereocenters. The summed E-state index contributed by atoms with van der Waals surface area (Å²) in [6, 6.07) is -0.211. The molecule has 1 aliphatic carbocycles. The first-order valence-electron chi connectivity index (χ1n) is 5.06. The van der Waals surface area contributed by atoms with Crippen LogP contribution >= 0.6 is 0 Å². The molecule has 2 rings (SSSR count). The lowest BCUT2D eigenvalue weighted by Crippen LogP contribution is -2.32. The van der Waals surface area contributed by atoms with E-state index in [1.807, 2.05) is 25.8 Å². The molecular formula is C10H19NO2. The monoisotopic (exact) mass is 185 g/mol. The molecule has 1 unspecified atom stereocenters. The van der Waals surface area contributed by atoms with Crippen LogP contribution in [0.1, 0.15) is 33.1 Å². The van der Waals surface area contributed by atoms with Gasteiger partial charge in [-0.25, -0.2) is 0 Å². The Labute approximate surface area is 79.7 Å². The number of rotatable bonds is 1. The van der Waals surface area contributed by atoms with Gasteiger partial charge in [-0.2, -0.15) is 0 Å². The minimum absolute atomic E-state index is 0.211. The maximum atomic E-state index is 10.7. The Kier molecular flexibility index (Phi) is 2.96. The molecule has 1 N–H and O–H groups in total. The molecule has 0 aromatic rings. The highest BCUT2D eigenvalue weighted by atomic mass is 16.4. The highest BCUT2D eigenvalue weighted by molar-refractivity contribution is 5.74. The van der Waals surface area contributed by atoms with Crippen LogP contribution < -0.4 is 0 Å². The number of likely N-dealkylation sites (tertiary alicyclic amines) is 1. The lowest BCUT2D eigenvalue weighted by Gasteiger charge is -2.13. The lowest BCUT2D eigenvalue weighted by molar-refractivity contribution is -0.141. The fraction of sp³-hybridized carbons (Fsp3) is 0.900. The van der Waals surface area contributed by atoms with Gasteiger partial charge in [-0.05, 0) is 31.7 Å². The number of carboxylic acids is 1. The van der Waals surface area contributed by atoms with Crippen molar-refractivity contribution in [2.75, 3.05) is 13.6 Å². The molecule has 1 saturated heterocycles. The molecule has 1 saturated carbocycles. The van der Waals surface area contributed by atoms with Crippen LogP contribution in [0.3, 0.4) is 0 Å². The molecule has 0 amide bonds. The first-order valence-corrected chi connectivity index (χ1v) is 5.06. The zero-order chi connectivity index (χ0) is 10.1. The second-order valence-electron chi connectivity index (χ2n) is 3.97. The Morgan fingerprint density at radius 3 is 2.23 bits per heavy atom. The van der Waals surface area contributed by atoms with Crippen molar-refractivity contribution in [1.82, 2.24) is 4.90 Å². The van der Waals surface area contributed by atoms with Gasteiger partial charge in [-0.1, -0.05) is 13.8 Å². The van der Waals surface area contributed by atoms with Crippen LogP contribution in [0.25, 0.3) is 0 Å². The summed E-state index contributed by atoms with van der Waals surface area (Å²) in [5, 5.41) is 8.80. The fourth-order valence-corrected chi connectivity index (χ4v) is 2.08. The molecule has 0 aromatic heterocycles. The molecule has 3 heteroatoms. The first kappa shape index (κ1) is 10.5. The van der Waals surface area contributed by atoms with Crippen LogP contribution in [-0.2, 0) is 4.79 Å². The van der Waals surface area contributed by atoms with Gasteiger partial charge >= 0.3 is 5.97 Å². The van der Waals surface area contributed by atoms with Crippen molar-refractivity contribution >= 4 is 5.97 Å². The Morgan fingerprint density at radius 1 is 1.46 bits per heavy atom. The minimum Gasteiger partial charge on any atom is -0.480 e. The van der Waals surface area contributed by atoms with Crippen molar-refractivity contribution in [3.8, 4) is 0 Å². The van der Waals surface area contributed by atoms with Crippen LogP contribution in [0.4, 0.5) is 0 Å². The number of hydrogen-bond donors (Lipinski definition) is 1. The Morgan fingerprint density at radius 2 is 2.00 bits per heavy atom. The third kappa shape index (κ3) is 2.02. The summed E-state index contributed by atoms with van der Waals surface area (Å²) in [6.07, 6.45) is 3.35. The molecule has 13 heavy (non-hydrogen) atoms. The van der Waals surface area contributed by atoms with E-state index < -0.39 is 5.97 Å². The smallest absolute Gasteiger partial charge is 0.320 e. The molecule has 0 bridgehead atoms. The summed E-state index contributed by atoms with van der Waals surface area (Å²) in [7, 11) is 1.91. The molecule has 0 radical (unpaired) electrons. The average Bonchev–Trinajstić information content (AvgIpc) is 2.74. The second kappa shape index (κ2) is 3.66. The van der Waals surface area contributed by atoms with Crippen LogP contribution in [0, 0.1) is 5.41 Å². The molecule has 2 fully saturated rings. The summed E-state index contributed by atoms with van der Waals surface area (Å²) in [5.74, 6) is -0.656. The van der Waals surface area contributed by atoms with E-state index in [0.29, 0.717) is 5.41 Å². The van der Waals surface area contributed by atoms with Gasteiger partial charge in [0, 0.05) is 6.54 Å². The highest BCUT2D eigenvalue weighted by Gasteiger charge is 2.52. The third-order valence-corrected chi connectivity index (χ3v) is 2.99. The first-order chi connectivity index (χ1) is 6.13. The van der Waals surface area contributed by atoms with Gasteiger partial charge in [-0.15, -0.1) is 0 Å². The van der Waals surface area contributed by atoms with Gasteiger partial charge in [0.25, 0.3) is 0 Å². The van der Waals surface area contributed by atoms with Crippen molar-refractivity contribution < 1.29 is 9.90 Å². The lowest BCUT2D eigenvalue weighted by atomic mass is 10.0. The van der Waals surface area contributed by atoms with Gasteiger partial charge in [0.1, 0.15) is 6.04 Å². The van der Waals surface area contributed by atoms with Crippen molar-refractivity contribution in [3.63, 3.8) is 0 Å². The molecule has 1 aliphatic heterocycles. The van der Waals surface area contributed by atoms with Crippen LogP contribution in [0.2, 0.25) is 0 Å². The standard InChI is InChI=1S/C8H13NO2.C2H6/c1-9-5-8(2-3-8)4-6(9)7(10)11;1-2/h6H,2-5H2,1H3,(H,10,11);1-2H3. The van der Waals surface area contributed by atoms with Crippen molar-refractivity contribution in [2.24, 2.45) is 5.41 Å². The van der Waals surface area contributed by atoms with E-state index in [1.165, 1.54) is 12.8 Å². The number of nitrogens with zero attached hydrogens (tertiary/aromatic N) is 1. The summed E-state index contributed by atoms with van der Waals surface area (Å²) in [5.41, 5.74) is 0.414. The van der Waals surface area contributed by atoms with E-state index >= 15 is 0 Å². The molecule has 0 aromatic carbocycles. The number of aliphatic carboxylic acids is 1. The summed E-state index contributed by atoms with van der Waals surface area (Å²) in [4.78, 5) is 12.7. The molecule has 1 spiro atoms. The van der Waals surface area contributed by atoms with E-state index in [2.05, 4.69) is 0 Å². The van der Waals surface area contributed by atoms with E-state index in [-0.39, 0.29) is 6.04 Å². The van der Waals surface area contributed by atoms with Gasteiger partial charge in [-0.3, -0.25) is 9.69 Å². The largest absolute Gasteiger partial charge is 0.480 e. The van der Waals surface area contributed by atoms with Crippen LogP contribution in [0.5, 0.6) is 0 Å². The number of carbonyl (C=O) groups is 1. The zero-order valence-electron chi connectivity index (χ0n) is 8.71. The molecule has 3 nitrogen and oxygen atoms in total. The highest BCUT2D eigenvalue weighted by Crippen LogP contribution is 2.54. The van der Waals surface area contributed by atoms with E-state index in [9.17, 15) is 4.79 Å². The molecule has 1 heterocycles. The Bertz CT molecular complexity index is 199. The normalized spacial score (nSPS) is 29.6. The number of likely N-dealkylation sites (N-methyl/N-ethyl adjacent to an activating group) is 1. The van der Waals surface area contributed by atoms with Gasteiger partial charge in [0.05, 0.1) is 0 Å². The van der Waals surface area contributed by atoms with E-state index in [4.69, 9.17) is 5.11 Å². The summed E-state index contributed by atoms with van der Waals surface area (Å²) in [6.45, 7) is 4.99. The summed E-state index contributed by atoms with van der Waals surface area (Å²) < 4.78 is 0. The number of hydrogen-bond acceptors (Lipinski definition) is 2. The average molecular weight is 185 g/mol. The minimum atomic E-state index is -0.656. The molecule has 2 aliphatic rings. The maximum Gasteiger partial charge on any atom is 0.320 e. The SMILES string of the molecule is CC.CN1CC2(CC2)CC1C(=O)O. The predicted molar refractivity (Wildman–Crippen MR) is 51.7 cm³/mol. The van der Waals surface area contributed by atoms with E-state index in [0.717, 1.165) is 13.0 Å². The van der Waals surface area contributed by atoms with Crippen LogP contribution in [-0.4, -0.2) is 35.6 Å². The third-order valence-electron chi connectivity index (χ3n) is 2.99. The topological polar surface area (TPSA) is 40.5 Å². The Hall–Kier alpha value is -0.570. The second-order valence-corrected chi connectivity index (χ2v) is 3.97. The van der Waals surface area contributed by atoms with Gasteiger partial charge in [0.15, 0.2) is 0 Å². The number of carboxylic acid groups (broad SMARTS) is 1. The molecular weight excluding hydrogens is 166 g/mol. The zero-order valence-corrected chi connectivity index (χ0v) is 8.71. The van der Waals surface area contributed by atoms with Crippen molar-refractivity contribution in [1.29, 1.82) is 0 Å². The van der Waals surface area contributed by atoms with Gasteiger partial charge in [0.2, 0.25) is 0 Å².